The number of thiazole rings is 1. The van der Waals surface area contributed by atoms with Gasteiger partial charge in [0.25, 0.3) is 0 Å². The number of nitrogens with one attached hydrogen (secondary N) is 1. The van der Waals surface area contributed by atoms with E-state index in [-0.39, 0.29) is 0 Å². The summed E-state index contributed by atoms with van der Waals surface area (Å²) in [6.07, 6.45) is 1.78. The predicted molar refractivity (Wildman–Crippen MR) is 135 cm³/mol. The molecule has 9 heteroatoms. The van der Waals surface area contributed by atoms with E-state index in [9.17, 15) is 0 Å². The largest absolute Gasteiger partial charge is 0.245 e. The van der Waals surface area contributed by atoms with Gasteiger partial charge in [-0.3, -0.25) is 0 Å². The molecule has 0 saturated heterocycles. The van der Waals surface area contributed by atoms with Crippen LogP contribution in [0, 0.1) is 20.8 Å². The number of fused-ring (bicyclic) bond motifs is 1. The van der Waals surface area contributed by atoms with Crippen molar-refractivity contribution in [3.63, 3.8) is 0 Å². The van der Waals surface area contributed by atoms with Gasteiger partial charge in [-0.1, -0.05) is 30.3 Å². The number of para-hydroxylation sites is 2. The van der Waals surface area contributed by atoms with Gasteiger partial charge in [-0.05, 0) is 62.9 Å². The molecule has 3 aromatic heterocycles. The summed E-state index contributed by atoms with van der Waals surface area (Å²) < 4.78 is 4.06. The van der Waals surface area contributed by atoms with Crippen molar-refractivity contribution in [2.45, 2.75) is 30.1 Å². The third-order valence-corrected chi connectivity index (χ3v) is 7.05. The van der Waals surface area contributed by atoms with E-state index >= 15 is 0 Å². The van der Waals surface area contributed by atoms with Crippen molar-refractivity contribution in [1.82, 2.24) is 24.7 Å². The van der Waals surface area contributed by atoms with Crippen molar-refractivity contribution in [1.29, 1.82) is 0 Å². The number of nitrogens with zero attached hydrogens (tertiary/aromatic N) is 6. The molecule has 0 aliphatic rings. The predicted octanol–water partition coefficient (Wildman–Crippen LogP) is 5.79. The third kappa shape index (κ3) is 4.64. The van der Waals surface area contributed by atoms with E-state index in [2.05, 4.69) is 26.6 Å². The number of hydrogen-bond acceptors (Lipinski definition) is 8. The molecular weight excluding hydrogens is 450 g/mol. The van der Waals surface area contributed by atoms with Crippen LogP contribution in [-0.4, -0.2) is 30.9 Å². The van der Waals surface area contributed by atoms with Crippen LogP contribution in [0.5, 0.6) is 0 Å². The minimum Gasteiger partial charge on any atom is -0.245 e. The van der Waals surface area contributed by atoms with Crippen LogP contribution < -0.4 is 5.43 Å². The summed E-state index contributed by atoms with van der Waals surface area (Å²) in [7, 11) is 0. The van der Waals surface area contributed by atoms with Crippen LogP contribution in [0.15, 0.2) is 75.1 Å². The topological polar surface area (TPSA) is 80.9 Å². The van der Waals surface area contributed by atoms with Crippen molar-refractivity contribution in [2.75, 3.05) is 5.43 Å². The summed E-state index contributed by atoms with van der Waals surface area (Å²) in [5.74, 6) is 0.470. The molecule has 0 spiro atoms. The molecule has 33 heavy (non-hydrogen) atoms. The highest BCUT2D eigenvalue weighted by molar-refractivity contribution is 8.01. The maximum Gasteiger partial charge on any atom is 0.243 e. The first kappa shape index (κ1) is 21.3. The third-order valence-electron chi connectivity index (χ3n) is 4.86. The Morgan fingerprint density at radius 1 is 0.939 bits per heavy atom. The molecule has 1 N–H and O–H groups in total. The monoisotopic (exact) mass is 471 g/mol. The molecule has 0 amide bonds. The summed E-state index contributed by atoms with van der Waals surface area (Å²) in [6.45, 7) is 5.85. The van der Waals surface area contributed by atoms with Crippen LogP contribution in [0.2, 0.25) is 0 Å². The van der Waals surface area contributed by atoms with E-state index in [1.54, 1.807) is 29.3 Å². The highest BCUT2D eigenvalue weighted by Crippen LogP contribution is 2.37. The molecule has 0 radical (unpaired) electrons. The quantitative estimate of drug-likeness (QED) is 0.249. The van der Waals surface area contributed by atoms with Gasteiger partial charge >= 0.3 is 0 Å². The van der Waals surface area contributed by atoms with E-state index < -0.39 is 0 Å². The number of hydrogen-bond donors (Lipinski definition) is 1. The molecule has 0 fully saturated rings. The van der Waals surface area contributed by atoms with Gasteiger partial charge in [-0.2, -0.15) is 10.2 Å². The standard InChI is InChI=1S/C24H21N7S2/c1-15-13-16(2)27-23(26-15)29-25-14-19-17(3)30-31(18-9-5-4-6-10-18)22(19)33-24-28-20-11-7-8-12-21(20)32-24/h4-14H,1-3H3,(H,26,27,29)/b25-14-. The maximum absolute atomic E-state index is 4.81. The van der Waals surface area contributed by atoms with Crippen molar-refractivity contribution in [2.24, 2.45) is 5.10 Å². The number of aryl methyl sites for hydroxylation is 3. The van der Waals surface area contributed by atoms with Gasteiger partial charge in [0.05, 0.1) is 33.4 Å². The van der Waals surface area contributed by atoms with E-state index in [0.717, 1.165) is 47.9 Å². The molecule has 2 aromatic carbocycles. The molecule has 0 bridgehead atoms. The zero-order valence-corrected chi connectivity index (χ0v) is 20.0. The van der Waals surface area contributed by atoms with E-state index in [4.69, 9.17) is 10.1 Å². The number of hydrazone groups is 1. The lowest BCUT2D eigenvalue weighted by molar-refractivity contribution is 0.793. The first-order valence-corrected chi connectivity index (χ1v) is 12.0. The molecular formula is C24H21N7S2. The number of rotatable bonds is 6. The van der Waals surface area contributed by atoms with Crippen molar-refractivity contribution in [3.8, 4) is 5.69 Å². The maximum atomic E-state index is 4.81. The van der Waals surface area contributed by atoms with Gasteiger partial charge in [0.15, 0.2) is 4.34 Å². The Hall–Kier alpha value is -3.56. The fraction of sp³-hybridized carbons (Fsp3) is 0.125. The highest BCUT2D eigenvalue weighted by atomic mass is 32.2. The Kier molecular flexibility index (Phi) is 5.89. The Bertz CT molecular complexity index is 1400. The van der Waals surface area contributed by atoms with Crippen LogP contribution in [0.4, 0.5) is 5.95 Å². The van der Waals surface area contributed by atoms with Gasteiger partial charge in [0.2, 0.25) is 5.95 Å². The fourth-order valence-electron chi connectivity index (χ4n) is 3.42. The van der Waals surface area contributed by atoms with Crippen LogP contribution >= 0.6 is 23.1 Å². The summed E-state index contributed by atoms with van der Waals surface area (Å²) >= 11 is 3.26. The normalized spacial score (nSPS) is 11.5. The first-order chi connectivity index (χ1) is 16.1. The number of anilines is 1. The van der Waals surface area contributed by atoms with Crippen LogP contribution in [0.1, 0.15) is 22.6 Å². The Balaban J connectivity index is 1.53. The molecule has 164 valence electrons. The Morgan fingerprint density at radius 3 is 2.42 bits per heavy atom. The second kappa shape index (κ2) is 9.13. The minimum absolute atomic E-state index is 0.470. The van der Waals surface area contributed by atoms with Crippen LogP contribution in [0.3, 0.4) is 0 Å². The van der Waals surface area contributed by atoms with Crippen LogP contribution in [-0.2, 0) is 0 Å². The minimum atomic E-state index is 0.470. The average Bonchev–Trinajstić information content (AvgIpc) is 3.35. The van der Waals surface area contributed by atoms with Gasteiger partial charge in [-0.25, -0.2) is 25.1 Å². The van der Waals surface area contributed by atoms with E-state index in [1.807, 2.05) is 80.1 Å². The molecule has 0 aliphatic carbocycles. The molecule has 0 saturated carbocycles. The highest BCUT2D eigenvalue weighted by Gasteiger charge is 2.18. The van der Waals surface area contributed by atoms with Crippen molar-refractivity contribution in [3.05, 3.63) is 83.3 Å². The Morgan fingerprint density at radius 2 is 1.67 bits per heavy atom. The van der Waals surface area contributed by atoms with Gasteiger partial charge in [0, 0.05) is 11.4 Å². The molecule has 5 aromatic rings. The molecule has 0 atom stereocenters. The number of benzene rings is 2. The molecule has 7 nitrogen and oxygen atoms in total. The van der Waals surface area contributed by atoms with Crippen molar-refractivity contribution >= 4 is 45.5 Å². The second-order valence-corrected chi connectivity index (χ2v) is 9.71. The molecule has 0 aliphatic heterocycles. The molecule has 3 heterocycles. The van der Waals surface area contributed by atoms with E-state index in [0.29, 0.717) is 5.95 Å². The smallest absolute Gasteiger partial charge is 0.243 e. The second-order valence-electron chi connectivity index (χ2n) is 7.45. The first-order valence-electron chi connectivity index (χ1n) is 10.4. The lowest BCUT2D eigenvalue weighted by Gasteiger charge is -2.06. The lowest BCUT2D eigenvalue weighted by Crippen LogP contribution is -2.01. The number of aromatic nitrogens is 5. The summed E-state index contributed by atoms with van der Waals surface area (Å²) in [5, 5.41) is 10.2. The Labute approximate surface area is 199 Å². The van der Waals surface area contributed by atoms with Crippen LogP contribution in [0.25, 0.3) is 15.9 Å². The van der Waals surface area contributed by atoms with Gasteiger partial charge < -0.3 is 0 Å². The van der Waals surface area contributed by atoms with Gasteiger partial charge in [0.1, 0.15) is 5.03 Å². The SMILES string of the molecule is Cc1cc(C)nc(N/N=C\c2c(C)nn(-c3ccccc3)c2Sc2nc3ccccc3s2)n1. The zero-order chi connectivity index (χ0) is 22.8. The molecule has 5 rings (SSSR count). The molecule has 0 unspecified atom stereocenters. The van der Waals surface area contributed by atoms with Crippen molar-refractivity contribution < 1.29 is 0 Å². The summed E-state index contributed by atoms with van der Waals surface area (Å²) in [6, 6.07) is 20.2. The lowest BCUT2D eigenvalue weighted by atomic mass is 10.3. The summed E-state index contributed by atoms with van der Waals surface area (Å²) in [4.78, 5) is 13.6. The zero-order valence-electron chi connectivity index (χ0n) is 18.4. The van der Waals surface area contributed by atoms with E-state index in [1.165, 1.54) is 0 Å². The average molecular weight is 472 g/mol. The fourth-order valence-corrected chi connectivity index (χ4v) is 5.64. The summed E-state index contributed by atoms with van der Waals surface area (Å²) in [5.41, 5.74) is 8.49. The van der Waals surface area contributed by atoms with Gasteiger partial charge in [-0.15, -0.1) is 11.3 Å².